The number of methoxy groups -OCH3 is 2. The zero-order valence-electron chi connectivity index (χ0n) is 20.9. The molecule has 2 aromatic rings. The van der Waals surface area contributed by atoms with Crippen molar-refractivity contribution in [2.45, 2.75) is 64.9 Å². The van der Waals surface area contributed by atoms with Crippen molar-refractivity contribution in [1.82, 2.24) is 0 Å². The van der Waals surface area contributed by atoms with Crippen LogP contribution in [-0.2, 0) is 23.3 Å². The van der Waals surface area contributed by atoms with E-state index in [0.29, 0.717) is 11.1 Å². The first-order valence-electron chi connectivity index (χ1n) is 10.5. The largest absolute Gasteiger partial charge is 0.490 e. The van der Waals surface area contributed by atoms with Crippen molar-refractivity contribution in [1.29, 1.82) is 0 Å². The van der Waals surface area contributed by atoms with Gasteiger partial charge in [-0.05, 0) is 34.1 Å². The van der Waals surface area contributed by atoms with Gasteiger partial charge in [-0.3, -0.25) is 20.2 Å². The van der Waals surface area contributed by atoms with Gasteiger partial charge in [-0.1, -0.05) is 41.5 Å². The molecule has 0 unspecified atom stereocenters. The Morgan fingerprint density at radius 3 is 1.41 bits per heavy atom. The highest BCUT2D eigenvalue weighted by Crippen LogP contribution is 2.38. The minimum absolute atomic E-state index is 0.0319. The molecule has 0 amide bonds. The number of ether oxygens (including phenoxy) is 2. The zero-order chi connectivity index (χ0) is 26.4. The fourth-order valence-electron chi connectivity index (χ4n) is 3.17. The molecule has 0 saturated heterocycles. The van der Waals surface area contributed by atoms with Gasteiger partial charge in [0.25, 0.3) is 0 Å². The molecule has 10 heteroatoms. The van der Waals surface area contributed by atoms with Gasteiger partial charge in [0.1, 0.15) is 0 Å². The fourth-order valence-corrected chi connectivity index (χ4v) is 3.37. The second-order valence-electron chi connectivity index (χ2n) is 9.68. The Kier molecular flexibility index (Phi) is 9.84. The highest BCUT2D eigenvalue weighted by atomic mass is 35.5. The van der Waals surface area contributed by atoms with Crippen LogP contribution in [0.25, 0.3) is 0 Å². The molecule has 0 aliphatic heterocycles. The third-order valence-electron chi connectivity index (χ3n) is 5.14. The lowest BCUT2D eigenvalue weighted by molar-refractivity contribution is -0.386. The van der Waals surface area contributed by atoms with E-state index in [-0.39, 0.29) is 46.2 Å². The van der Waals surface area contributed by atoms with Crippen molar-refractivity contribution in [3.8, 4) is 11.5 Å². The molecule has 0 saturated carbocycles. The van der Waals surface area contributed by atoms with Gasteiger partial charge < -0.3 is 14.6 Å². The van der Waals surface area contributed by atoms with E-state index in [1.165, 1.54) is 20.3 Å². The van der Waals surface area contributed by atoms with Crippen LogP contribution in [0.1, 0.15) is 63.8 Å². The summed E-state index contributed by atoms with van der Waals surface area (Å²) in [6.07, 6.45) is 0. The Bertz CT molecular complexity index is 958. The zero-order valence-corrected chi connectivity index (χ0v) is 21.6. The van der Waals surface area contributed by atoms with Gasteiger partial charge in [-0.2, -0.15) is 0 Å². The average molecular weight is 497 g/mol. The lowest BCUT2D eigenvalue weighted by Crippen LogP contribution is -2.13. The number of hydrogen-bond acceptors (Lipinski definition) is 7. The highest BCUT2D eigenvalue weighted by Gasteiger charge is 2.26. The second kappa shape index (κ2) is 11.5. The molecule has 0 heterocycles. The van der Waals surface area contributed by atoms with E-state index < -0.39 is 9.85 Å². The highest BCUT2D eigenvalue weighted by molar-refractivity contribution is 6.17. The predicted molar refractivity (Wildman–Crippen MR) is 132 cm³/mol. The number of aliphatic hydroxyl groups excluding tert-OH is 1. The number of halogens is 1. The standard InChI is InChI=1S/C12H16ClNO3.C12H17NO4/c1-12(2,3)9-5-8(7-13)11(17-4)10(6-9)14(15)16;1-12(2,3)9-5-8(7-14)11(17-4)10(6-9)13(15)16/h5-6H,7H2,1-4H3;5-6,14H,7H2,1-4H3. The van der Waals surface area contributed by atoms with E-state index in [4.69, 9.17) is 21.1 Å². The number of nitro benzene ring substituents is 2. The number of hydrogen-bond donors (Lipinski definition) is 1. The number of nitro groups is 2. The maximum atomic E-state index is 11.0. The quantitative estimate of drug-likeness (QED) is 0.294. The van der Waals surface area contributed by atoms with Crippen LogP contribution < -0.4 is 9.47 Å². The molecule has 2 aromatic carbocycles. The number of rotatable bonds is 6. The summed E-state index contributed by atoms with van der Waals surface area (Å²) in [7, 11) is 2.77. The van der Waals surface area contributed by atoms with Crippen molar-refractivity contribution in [3.05, 3.63) is 66.7 Å². The number of aliphatic hydroxyl groups is 1. The Hall–Kier alpha value is -2.91. The number of benzene rings is 2. The van der Waals surface area contributed by atoms with Crippen LogP contribution in [-0.4, -0.2) is 29.2 Å². The van der Waals surface area contributed by atoms with E-state index in [0.717, 1.165) is 11.1 Å². The van der Waals surface area contributed by atoms with E-state index in [1.54, 1.807) is 12.1 Å². The molecule has 0 aliphatic carbocycles. The minimum Gasteiger partial charge on any atom is -0.490 e. The van der Waals surface area contributed by atoms with E-state index in [1.807, 2.05) is 47.6 Å². The minimum atomic E-state index is -0.493. The van der Waals surface area contributed by atoms with Gasteiger partial charge in [-0.25, -0.2) is 0 Å². The molecule has 9 nitrogen and oxygen atoms in total. The molecule has 0 atom stereocenters. The maximum Gasteiger partial charge on any atom is 0.311 e. The first kappa shape index (κ1) is 29.1. The molecular weight excluding hydrogens is 464 g/mol. The third-order valence-corrected chi connectivity index (χ3v) is 5.43. The molecule has 188 valence electrons. The topological polar surface area (TPSA) is 125 Å². The molecule has 0 fully saturated rings. The van der Waals surface area contributed by atoms with Crippen LogP contribution >= 0.6 is 11.6 Å². The van der Waals surface area contributed by atoms with E-state index in [9.17, 15) is 25.3 Å². The van der Waals surface area contributed by atoms with Crippen molar-refractivity contribution in [2.75, 3.05) is 14.2 Å². The summed E-state index contributed by atoms with van der Waals surface area (Å²) in [6.45, 7) is 11.6. The summed E-state index contributed by atoms with van der Waals surface area (Å²) < 4.78 is 10.1. The lowest BCUT2D eigenvalue weighted by atomic mass is 9.85. The molecule has 2 rings (SSSR count). The summed E-state index contributed by atoms with van der Waals surface area (Å²) in [5.41, 5.74) is 2.23. The molecule has 0 aliphatic rings. The second-order valence-corrected chi connectivity index (χ2v) is 9.95. The fraction of sp³-hybridized carbons (Fsp3) is 0.500. The molecular formula is C24H33ClN2O7. The van der Waals surface area contributed by atoms with Gasteiger partial charge in [0.05, 0.1) is 36.6 Å². The molecule has 0 bridgehead atoms. The molecule has 0 spiro atoms. The summed E-state index contributed by atoms with van der Waals surface area (Å²) in [6, 6.07) is 6.65. The number of alkyl halides is 1. The Balaban J connectivity index is 0.000000340. The summed E-state index contributed by atoms with van der Waals surface area (Å²) >= 11 is 5.81. The molecule has 34 heavy (non-hydrogen) atoms. The lowest BCUT2D eigenvalue weighted by Gasteiger charge is -2.20. The van der Waals surface area contributed by atoms with E-state index in [2.05, 4.69) is 0 Å². The van der Waals surface area contributed by atoms with Crippen LogP contribution in [0.2, 0.25) is 0 Å². The van der Waals surface area contributed by atoms with Crippen LogP contribution in [0.5, 0.6) is 11.5 Å². The third kappa shape index (κ3) is 7.04. The normalized spacial score (nSPS) is 11.4. The maximum absolute atomic E-state index is 11.0. The van der Waals surface area contributed by atoms with Crippen LogP contribution in [0, 0.1) is 20.2 Å². The Morgan fingerprint density at radius 2 is 1.15 bits per heavy atom. The number of nitrogens with zero attached hydrogens (tertiary/aromatic N) is 2. The van der Waals surface area contributed by atoms with Gasteiger partial charge in [0.2, 0.25) is 11.5 Å². The van der Waals surface area contributed by atoms with Crippen molar-refractivity contribution in [3.63, 3.8) is 0 Å². The Labute approximate surface area is 205 Å². The van der Waals surface area contributed by atoms with Crippen molar-refractivity contribution >= 4 is 23.0 Å². The summed E-state index contributed by atoms with van der Waals surface area (Å²) in [5.74, 6) is 0.567. The SMILES string of the molecule is COc1c(CCl)cc(C(C)(C)C)cc1[N+](=O)[O-].COc1c(CO)cc(C(C)(C)C)cc1[N+](=O)[O-]. The van der Waals surface area contributed by atoms with Gasteiger partial charge in [0, 0.05) is 23.3 Å². The van der Waals surface area contributed by atoms with Crippen molar-refractivity contribution in [2.24, 2.45) is 0 Å². The summed E-state index contributed by atoms with van der Waals surface area (Å²) in [5, 5.41) is 31.2. The molecule has 1 N–H and O–H groups in total. The van der Waals surface area contributed by atoms with E-state index >= 15 is 0 Å². The van der Waals surface area contributed by atoms with Crippen LogP contribution in [0.15, 0.2) is 24.3 Å². The van der Waals surface area contributed by atoms with Crippen LogP contribution in [0.3, 0.4) is 0 Å². The van der Waals surface area contributed by atoms with Crippen LogP contribution in [0.4, 0.5) is 11.4 Å². The summed E-state index contributed by atoms with van der Waals surface area (Å²) in [4.78, 5) is 21.0. The smallest absolute Gasteiger partial charge is 0.311 e. The van der Waals surface area contributed by atoms with Gasteiger partial charge in [0.15, 0.2) is 0 Å². The van der Waals surface area contributed by atoms with Gasteiger partial charge in [-0.15, -0.1) is 11.6 Å². The Morgan fingerprint density at radius 1 is 0.794 bits per heavy atom. The predicted octanol–water partition coefficient (Wildman–Crippen LogP) is 6.03. The van der Waals surface area contributed by atoms with Gasteiger partial charge >= 0.3 is 11.4 Å². The molecule has 0 aromatic heterocycles. The molecule has 0 radical (unpaired) electrons. The first-order valence-corrected chi connectivity index (χ1v) is 11.0. The average Bonchev–Trinajstić information content (AvgIpc) is 2.75. The monoisotopic (exact) mass is 496 g/mol. The first-order chi connectivity index (χ1) is 15.6. The van der Waals surface area contributed by atoms with Crippen molar-refractivity contribution < 1.29 is 24.4 Å².